The van der Waals surface area contributed by atoms with Gasteiger partial charge in [-0.25, -0.2) is 0 Å². The molecule has 2 amide bonds. The van der Waals surface area contributed by atoms with Crippen molar-refractivity contribution < 1.29 is 9.59 Å². The highest BCUT2D eigenvalue weighted by Crippen LogP contribution is 2.32. The Bertz CT molecular complexity index is 636. The van der Waals surface area contributed by atoms with Gasteiger partial charge in [0.25, 0.3) is 5.91 Å². The number of amides is 2. The standard InChI is InChI=1S/C20H32N4O2/c1-13(2)19(25)23-10-8-16(9-11-23)18-17(12-21-22-18)20(26)24-14(3)6-5-7-15(24)4/h12-16H,5-11H2,1-4H3,(H,21,22). The Morgan fingerprint density at radius 2 is 1.73 bits per heavy atom. The minimum Gasteiger partial charge on any atom is -0.342 e. The maximum Gasteiger partial charge on any atom is 0.257 e. The van der Waals surface area contributed by atoms with Crippen molar-refractivity contribution in [1.82, 2.24) is 20.0 Å². The summed E-state index contributed by atoms with van der Waals surface area (Å²) in [4.78, 5) is 29.4. The van der Waals surface area contributed by atoms with Gasteiger partial charge in [-0.05, 0) is 46.0 Å². The first-order valence-electron chi connectivity index (χ1n) is 10.0. The third-order valence-corrected chi connectivity index (χ3v) is 6.04. The number of nitrogens with one attached hydrogen (secondary N) is 1. The van der Waals surface area contributed by atoms with Gasteiger partial charge < -0.3 is 9.80 Å². The van der Waals surface area contributed by atoms with Crippen LogP contribution in [0.15, 0.2) is 6.20 Å². The fourth-order valence-corrected chi connectivity index (χ4v) is 4.49. The number of hydrogen-bond acceptors (Lipinski definition) is 3. The van der Waals surface area contributed by atoms with E-state index in [1.165, 1.54) is 6.42 Å². The summed E-state index contributed by atoms with van der Waals surface area (Å²) in [5.74, 6) is 0.635. The maximum atomic E-state index is 13.2. The number of aromatic amines is 1. The Kier molecular flexibility index (Phi) is 5.68. The van der Waals surface area contributed by atoms with Gasteiger partial charge in [0.1, 0.15) is 0 Å². The number of nitrogens with zero attached hydrogens (tertiary/aromatic N) is 3. The number of rotatable bonds is 3. The van der Waals surface area contributed by atoms with Gasteiger partial charge in [-0.2, -0.15) is 5.10 Å². The monoisotopic (exact) mass is 360 g/mol. The van der Waals surface area contributed by atoms with E-state index in [1.807, 2.05) is 23.6 Å². The van der Waals surface area contributed by atoms with E-state index in [0.29, 0.717) is 0 Å². The molecule has 0 spiro atoms. The van der Waals surface area contributed by atoms with Crippen molar-refractivity contribution in [3.8, 4) is 0 Å². The molecule has 2 atom stereocenters. The molecule has 2 aliphatic rings. The predicted octanol–water partition coefficient (Wildman–Crippen LogP) is 3.17. The SMILES string of the molecule is CC(C)C(=O)N1CCC(c2[nH]ncc2C(=O)N2C(C)CCCC2C)CC1. The number of carbonyl (C=O) groups is 2. The van der Waals surface area contributed by atoms with Crippen LogP contribution in [-0.4, -0.2) is 57.0 Å². The molecular formula is C20H32N4O2. The fraction of sp³-hybridized carbons (Fsp3) is 0.750. The van der Waals surface area contributed by atoms with E-state index in [1.54, 1.807) is 6.20 Å². The van der Waals surface area contributed by atoms with E-state index in [2.05, 4.69) is 24.0 Å². The normalized spacial score (nSPS) is 25.0. The average Bonchev–Trinajstić information content (AvgIpc) is 3.10. The summed E-state index contributed by atoms with van der Waals surface area (Å²) in [7, 11) is 0. The van der Waals surface area contributed by atoms with Crippen molar-refractivity contribution >= 4 is 11.8 Å². The highest BCUT2D eigenvalue weighted by Gasteiger charge is 2.34. The molecule has 26 heavy (non-hydrogen) atoms. The molecule has 2 aliphatic heterocycles. The van der Waals surface area contributed by atoms with Crippen LogP contribution in [0.4, 0.5) is 0 Å². The summed E-state index contributed by atoms with van der Waals surface area (Å²) in [6.45, 7) is 9.68. The summed E-state index contributed by atoms with van der Waals surface area (Å²) in [5.41, 5.74) is 1.68. The van der Waals surface area contributed by atoms with Crippen LogP contribution < -0.4 is 0 Å². The first kappa shape index (κ1) is 18.9. The summed E-state index contributed by atoms with van der Waals surface area (Å²) in [5, 5.41) is 7.28. The molecule has 144 valence electrons. The van der Waals surface area contributed by atoms with Crippen molar-refractivity contribution in [3.63, 3.8) is 0 Å². The van der Waals surface area contributed by atoms with Gasteiger partial charge in [-0.1, -0.05) is 13.8 Å². The van der Waals surface area contributed by atoms with Crippen LogP contribution in [0.25, 0.3) is 0 Å². The predicted molar refractivity (Wildman–Crippen MR) is 101 cm³/mol. The zero-order valence-electron chi connectivity index (χ0n) is 16.5. The van der Waals surface area contributed by atoms with Gasteiger partial charge in [0, 0.05) is 37.0 Å². The fourth-order valence-electron chi connectivity index (χ4n) is 4.49. The Balaban J connectivity index is 1.71. The molecule has 1 aromatic rings. The lowest BCUT2D eigenvalue weighted by atomic mass is 9.89. The van der Waals surface area contributed by atoms with Gasteiger partial charge in [0.15, 0.2) is 0 Å². The highest BCUT2D eigenvalue weighted by molar-refractivity contribution is 5.95. The Morgan fingerprint density at radius 3 is 2.31 bits per heavy atom. The number of H-pyrrole nitrogens is 1. The molecule has 0 saturated carbocycles. The minimum atomic E-state index is 0.0397. The van der Waals surface area contributed by atoms with Gasteiger partial charge in [-0.15, -0.1) is 0 Å². The Hall–Kier alpha value is -1.85. The molecule has 3 heterocycles. The average molecular weight is 361 g/mol. The molecule has 1 aromatic heterocycles. The molecule has 2 unspecified atom stereocenters. The zero-order chi connectivity index (χ0) is 18.8. The quantitative estimate of drug-likeness (QED) is 0.900. The van der Waals surface area contributed by atoms with Crippen LogP contribution >= 0.6 is 0 Å². The van der Waals surface area contributed by atoms with Crippen molar-refractivity contribution in [2.75, 3.05) is 13.1 Å². The molecular weight excluding hydrogens is 328 g/mol. The van der Waals surface area contributed by atoms with E-state index < -0.39 is 0 Å². The van der Waals surface area contributed by atoms with E-state index in [9.17, 15) is 9.59 Å². The van der Waals surface area contributed by atoms with Gasteiger partial charge >= 0.3 is 0 Å². The van der Waals surface area contributed by atoms with Crippen LogP contribution in [0.3, 0.4) is 0 Å². The second kappa shape index (κ2) is 7.80. The van der Waals surface area contributed by atoms with Crippen molar-refractivity contribution in [2.24, 2.45) is 5.92 Å². The number of hydrogen-bond donors (Lipinski definition) is 1. The topological polar surface area (TPSA) is 69.3 Å². The van der Waals surface area contributed by atoms with E-state index in [-0.39, 0.29) is 35.7 Å². The molecule has 6 heteroatoms. The van der Waals surface area contributed by atoms with Gasteiger partial charge in [0.2, 0.25) is 5.91 Å². The molecule has 0 aliphatic carbocycles. The number of aromatic nitrogens is 2. The van der Waals surface area contributed by atoms with E-state index in [0.717, 1.165) is 50.0 Å². The number of likely N-dealkylation sites (tertiary alicyclic amines) is 2. The smallest absolute Gasteiger partial charge is 0.257 e. The zero-order valence-corrected chi connectivity index (χ0v) is 16.5. The van der Waals surface area contributed by atoms with Crippen LogP contribution in [0.1, 0.15) is 81.8 Å². The van der Waals surface area contributed by atoms with Crippen LogP contribution in [-0.2, 0) is 4.79 Å². The number of piperidine rings is 2. The molecule has 0 aromatic carbocycles. The van der Waals surface area contributed by atoms with Crippen LogP contribution in [0, 0.1) is 5.92 Å². The van der Waals surface area contributed by atoms with Crippen molar-refractivity contribution in [1.29, 1.82) is 0 Å². The summed E-state index contributed by atoms with van der Waals surface area (Å²) >= 11 is 0. The van der Waals surface area contributed by atoms with Gasteiger partial charge in [-0.3, -0.25) is 14.7 Å². The van der Waals surface area contributed by atoms with Crippen molar-refractivity contribution in [3.05, 3.63) is 17.5 Å². The molecule has 2 fully saturated rings. The summed E-state index contributed by atoms with van der Waals surface area (Å²) < 4.78 is 0. The third kappa shape index (κ3) is 3.64. The molecule has 6 nitrogen and oxygen atoms in total. The molecule has 3 rings (SSSR count). The lowest BCUT2D eigenvalue weighted by Crippen LogP contribution is -2.47. The number of carbonyl (C=O) groups excluding carboxylic acids is 2. The third-order valence-electron chi connectivity index (χ3n) is 6.04. The molecule has 0 bridgehead atoms. The lowest BCUT2D eigenvalue weighted by molar-refractivity contribution is -0.135. The molecule has 0 radical (unpaired) electrons. The Morgan fingerprint density at radius 1 is 1.12 bits per heavy atom. The maximum absolute atomic E-state index is 13.2. The van der Waals surface area contributed by atoms with Crippen LogP contribution in [0.2, 0.25) is 0 Å². The first-order chi connectivity index (χ1) is 12.4. The summed E-state index contributed by atoms with van der Waals surface area (Å²) in [6, 6.07) is 0.555. The second-order valence-electron chi connectivity index (χ2n) is 8.29. The van der Waals surface area contributed by atoms with E-state index >= 15 is 0 Å². The highest BCUT2D eigenvalue weighted by atomic mass is 16.2. The second-order valence-corrected chi connectivity index (χ2v) is 8.29. The van der Waals surface area contributed by atoms with E-state index in [4.69, 9.17) is 0 Å². The summed E-state index contributed by atoms with van der Waals surface area (Å²) in [6.07, 6.45) is 6.78. The lowest BCUT2D eigenvalue weighted by Gasteiger charge is -2.39. The minimum absolute atomic E-state index is 0.0397. The molecule has 2 saturated heterocycles. The first-order valence-corrected chi connectivity index (χ1v) is 10.0. The van der Waals surface area contributed by atoms with Gasteiger partial charge in [0.05, 0.1) is 17.5 Å². The van der Waals surface area contributed by atoms with Crippen LogP contribution in [0.5, 0.6) is 0 Å². The largest absolute Gasteiger partial charge is 0.342 e. The Labute approximate surface area is 156 Å². The molecule has 1 N–H and O–H groups in total. The van der Waals surface area contributed by atoms with Crippen molar-refractivity contribution in [2.45, 2.75) is 77.8 Å².